The van der Waals surface area contributed by atoms with Gasteiger partial charge in [-0.25, -0.2) is 0 Å². The maximum absolute atomic E-state index is 12.6. The van der Waals surface area contributed by atoms with Gasteiger partial charge in [-0.2, -0.15) is 0 Å². The van der Waals surface area contributed by atoms with Crippen molar-refractivity contribution < 1.29 is 14.4 Å². The van der Waals surface area contributed by atoms with Gasteiger partial charge < -0.3 is 9.88 Å². The van der Waals surface area contributed by atoms with Gasteiger partial charge in [0, 0.05) is 39.9 Å². The van der Waals surface area contributed by atoms with Crippen molar-refractivity contribution >= 4 is 63.1 Å². The first kappa shape index (κ1) is 20.3. The fourth-order valence-electron chi connectivity index (χ4n) is 3.32. The minimum atomic E-state index is -0.287. The third kappa shape index (κ3) is 3.99. The van der Waals surface area contributed by atoms with Crippen molar-refractivity contribution in [2.45, 2.75) is 13.5 Å². The van der Waals surface area contributed by atoms with Gasteiger partial charge in [-0.05, 0) is 55.1 Å². The summed E-state index contributed by atoms with van der Waals surface area (Å²) in [5.74, 6) is -0.472. The van der Waals surface area contributed by atoms with Crippen molar-refractivity contribution in [2.75, 3.05) is 11.9 Å². The summed E-state index contributed by atoms with van der Waals surface area (Å²) in [5.41, 5.74) is 2.31. The number of anilines is 1. The number of rotatable bonds is 5. The monoisotopic (exact) mass is 439 g/mol. The van der Waals surface area contributed by atoms with Crippen LogP contribution in [-0.4, -0.2) is 33.1 Å². The number of carbonyl (C=O) groups is 3. The number of thioether (sulfide) groups is 1. The molecule has 3 aromatic rings. The van der Waals surface area contributed by atoms with Gasteiger partial charge in [0.1, 0.15) is 6.54 Å². The van der Waals surface area contributed by atoms with E-state index in [9.17, 15) is 14.4 Å². The molecule has 2 aromatic carbocycles. The average molecular weight is 440 g/mol. The third-order valence-corrected chi connectivity index (χ3v) is 5.90. The number of hydrogen-bond acceptors (Lipinski definition) is 4. The number of likely N-dealkylation sites (N-methyl/N-ethyl adjacent to an activating group) is 1. The molecule has 0 atom stereocenters. The number of benzene rings is 2. The summed E-state index contributed by atoms with van der Waals surface area (Å²) in [6, 6.07) is 14.5. The van der Waals surface area contributed by atoms with E-state index in [2.05, 4.69) is 5.32 Å². The summed E-state index contributed by atoms with van der Waals surface area (Å²) in [4.78, 5) is 38.6. The van der Waals surface area contributed by atoms with Crippen LogP contribution < -0.4 is 5.32 Å². The normalized spacial score (nSPS) is 15.4. The molecule has 1 aromatic heterocycles. The largest absolute Gasteiger partial charge is 0.337 e. The maximum atomic E-state index is 12.6. The number of amides is 3. The van der Waals surface area contributed by atoms with E-state index in [1.165, 1.54) is 4.90 Å². The predicted octanol–water partition coefficient (Wildman–Crippen LogP) is 4.99. The molecule has 6 nitrogen and oxygen atoms in total. The zero-order valence-corrected chi connectivity index (χ0v) is 17.7. The van der Waals surface area contributed by atoms with Gasteiger partial charge in [0.05, 0.1) is 4.91 Å². The number of hydrogen-bond donors (Lipinski definition) is 1. The number of imide groups is 1. The Morgan fingerprint density at radius 3 is 2.57 bits per heavy atom. The second kappa shape index (κ2) is 8.38. The van der Waals surface area contributed by atoms with Crippen molar-refractivity contribution in [1.29, 1.82) is 0 Å². The van der Waals surface area contributed by atoms with Gasteiger partial charge in [0.2, 0.25) is 5.91 Å². The van der Waals surface area contributed by atoms with E-state index in [0.29, 0.717) is 22.2 Å². The molecule has 0 radical (unpaired) electrons. The minimum Gasteiger partial charge on any atom is -0.337 e. The molecule has 0 spiro atoms. The summed E-state index contributed by atoms with van der Waals surface area (Å²) in [6.45, 7) is 2.21. The van der Waals surface area contributed by atoms with Crippen molar-refractivity contribution in [2.24, 2.45) is 0 Å². The van der Waals surface area contributed by atoms with E-state index in [4.69, 9.17) is 11.6 Å². The predicted molar refractivity (Wildman–Crippen MR) is 120 cm³/mol. The lowest BCUT2D eigenvalue weighted by Crippen LogP contribution is -2.27. The van der Waals surface area contributed by atoms with Gasteiger partial charge in [-0.3, -0.25) is 19.3 Å². The Morgan fingerprint density at radius 2 is 1.87 bits per heavy atom. The summed E-state index contributed by atoms with van der Waals surface area (Å²) in [7, 11) is 0. The molecule has 4 rings (SSSR count). The Morgan fingerprint density at radius 1 is 1.13 bits per heavy atom. The van der Waals surface area contributed by atoms with Crippen LogP contribution in [0.5, 0.6) is 0 Å². The molecule has 0 aliphatic carbocycles. The highest BCUT2D eigenvalue weighted by Gasteiger charge is 2.33. The maximum Gasteiger partial charge on any atom is 0.293 e. The van der Waals surface area contributed by atoms with E-state index in [1.54, 1.807) is 37.3 Å². The van der Waals surface area contributed by atoms with Crippen molar-refractivity contribution in [3.8, 4) is 0 Å². The number of fused-ring (bicyclic) bond motifs is 1. The molecule has 152 valence electrons. The Balaban J connectivity index is 1.62. The first-order chi connectivity index (χ1) is 14.5. The topological polar surface area (TPSA) is 71.4 Å². The molecule has 0 saturated carbocycles. The molecule has 0 bridgehead atoms. The van der Waals surface area contributed by atoms with Crippen LogP contribution in [0.4, 0.5) is 10.5 Å². The molecule has 2 heterocycles. The second-order valence-electron chi connectivity index (χ2n) is 6.71. The number of para-hydroxylation sites is 1. The fraction of sp³-hybridized carbons (Fsp3) is 0.136. The Kier molecular flexibility index (Phi) is 5.65. The molecule has 1 aliphatic rings. The smallest absolute Gasteiger partial charge is 0.293 e. The zero-order valence-electron chi connectivity index (χ0n) is 16.1. The molecule has 3 amide bonds. The summed E-state index contributed by atoms with van der Waals surface area (Å²) < 4.78 is 1.83. The summed E-state index contributed by atoms with van der Waals surface area (Å²) in [5, 5.41) is 4.09. The SMILES string of the molecule is CCN1C(=O)S/C(=C\c2cn(CC(=O)Nc3ccc(Cl)cc3)c3ccccc23)C1=O. The van der Waals surface area contributed by atoms with E-state index in [-0.39, 0.29) is 23.6 Å². The first-order valence-electron chi connectivity index (χ1n) is 9.35. The van der Waals surface area contributed by atoms with Crippen LogP contribution in [0.25, 0.3) is 17.0 Å². The molecule has 1 fully saturated rings. The molecular weight excluding hydrogens is 422 g/mol. The van der Waals surface area contributed by atoms with Crippen LogP contribution >= 0.6 is 23.4 Å². The standard InChI is InChI=1S/C22H18ClN3O3S/c1-2-26-21(28)19(30-22(26)29)11-14-12-25(18-6-4-3-5-17(14)18)13-20(27)24-16-9-7-15(23)8-10-16/h3-12H,2,13H2,1H3,(H,24,27)/b19-11-. The lowest BCUT2D eigenvalue weighted by atomic mass is 10.1. The Hall–Kier alpha value is -3.03. The Bertz CT molecular complexity index is 1180. The van der Waals surface area contributed by atoms with E-state index in [1.807, 2.05) is 35.0 Å². The van der Waals surface area contributed by atoms with E-state index < -0.39 is 0 Å². The third-order valence-electron chi connectivity index (χ3n) is 4.74. The van der Waals surface area contributed by atoms with Crippen LogP contribution in [0.15, 0.2) is 59.6 Å². The number of halogens is 1. The molecule has 30 heavy (non-hydrogen) atoms. The van der Waals surface area contributed by atoms with Crippen molar-refractivity contribution in [3.63, 3.8) is 0 Å². The van der Waals surface area contributed by atoms with Crippen LogP contribution in [-0.2, 0) is 16.1 Å². The number of aromatic nitrogens is 1. The van der Waals surface area contributed by atoms with Gasteiger partial charge in [-0.15, -0.1) is 0 Å². The molecule has 0 unspecified atom stereocenters. The van der Waals surface area contributed by atoms with E-state index >= 15 is 0 Å². The number of nitrogens with zero attached hydrogens (tertiary/aromatic N) is 2. The zero-order chi connectivity index (χ0) is 21.3. The summed E-state index contributed by atoms with van der Waals surface area (Å²) >= 11 is 6.82. The van der Waals surface area contributed by atoms with E-state index in [0.717, 1.165) is 28.2 Å². The number of carbonyl (C=O) groups excluding carboxylic acids is 3. The first-order valence-corrected chi connectivity index (χ1v) is 10.5. The molecule has 1 N–H and O–H groups in total. The molecular formula is C22H18ClN3O3S. The molecule has 1 saturated heterocycles. The summed E-state index contributed by atoms with van der Waals surface area (Å²) in [6.07, 6.45) is 3.54. The van der Waals surface area contributed by atoms with Crippen LogP contribution in [0.3, 0.4) is 0 Å². The lowest BCUT2D eigenvalue weighted by molar-refractivity contribution is -0.122. The van der Waals surface area contributed by atoms with Crippen molar-refractivity contribution in [1.82, 2.24) is 9.47 Å². The lowest BCUT2D eigenvalue weighted by Gasteiger charge is -2.07. The van der Waals surface area contributed by atoms with Crippen molar-refractivity contribution in [3.05, 3.63) is 70.2 Å². The average Bonchev–Trinajstić information content (AvgIpc) is 3.20. The van der Waals surface area contributed by atoms with Gasteiger partial charge in [0.15, 0.2) is 0 Å². The molecule has 1 aliphatic heterocycles. The van der Waals surface area contributed by atoms with Crippen LogP contribution in [0, 0.1) is 0 Å². The van der Waals surface area contributed by atoms with Gasteiger partial charge in [-0.1, -0.05) is 29.8 Å². The minimum absolute atomic E-state index is 0.105. The Labute approximate surface area is 182 Å². The second-order valence-corrected chi connectivity index (χ2v) is 8.14. The quantitative estimate of drug-likeness (QED) is 0.568. The highest BCUT2D eigenvalue weighted by Crippen LogP contribution is 2.34. The fourth-order valence-corrected chi connectivity index (χ4v) is 4.34. The number of nitrogens with one attached hydrogen (secondary N) is 1. The van der Waals surface area contributed by atoms with Gasteiger partial charge >= 0.3 is 0 Å². The molecule has 8 heteroatoms. The van der Waals surface area contributed by atoms with Gasteiger partial charge in [0.25, 0.3) is 11.1 Å². The highest BCUT2D eigenvalue weighted by molar-refractivity contribution is 8.18. The van der Waals surface area contributed by atoms with Crippen LogP contribution in [0.2, 0.25) is 5.02 Å². The van der Waals surface area contributed by atoms with Crippen LogP contribution in [0.1, 0.15) is 12.5 Å². The highest BCUT2D eigenvalue weighted by atomic mass is 35.5.